The minimum absolute atomic E-state index is 0.0923. The maximum Gasteiger partial charge on any atom is 0.254 e. The Kier molecular flexibility index (Phi) is 5.85. The van der Waals surface area contributed by atoms with Gasteiger partial charge in [0, 0.05) is 37.4 Å². The van der Waals surface area contributed by atoms with Crippen molar-refractivity contribution in [3.8, 4) is 11.1 Å². The third-order valence-electron chi connectivity index (χ3n) is 6.73. The van der Waals surface area contributed by atoms with E-state index in [9.17, 15) is 23.1 Å². The summed E-state index contributed by atoms with van der Waals surface area (Å²) in [6.45, 7) is 1.72. The van der Waals surface area contributed by atoms with Gasteiger partial charge in [0.15, 0.2) is 0 Å². The fourth-order valence-corrected chi connectivity index (χ4v) is 5.83. The van der Waals surface area contributed by atoms with E-state index in [2.05, 4.69) is 4.72 Å². The molecular formula is C25H29N3O5S. The van der Waals surface area contributed by atoms with Crippen molar-refractivity contribution in [1.82, 2.24) is 9.80 Å². The highest BCUT2D eigenvalue weighted by atomic mass is 32.2. The molecule has 0 atom stereocenters. The molecule has 0 bridgehead atoms. The molecule has 2 saturated carbocycles. The van der Waals surface area contributed by atoms with Crippen molar-refractivity contribution in [2.24, 2.45) is 5.92 Å². The molecular weight excluding hydrogens is 454 g/mol. The van der Waals surface area contributed by atoms with Crippen molar-refractivity contribution in [2.75, 3.05) is 36.7 Å². The van der Waals surface area contributed by atoms with E-state index in [4.69, 9.17) is 0 Å². The second kappa shape index (κ2) is 8.70. The van der Waals surface area contributed by atoms with E-state index in [0.717, 1.165) is 24.0 Å². The Labute approximate surface area is 199 Å². The van der Waals surface area contributed by atoms with Gasteiger partial charge in [0.2, 0.25) is 10.0 Å². The highest BCUT2D eigenvalue weighted by Gasteiger charge is 2.50. The number of sulfonamides is 1. The molecule has 180 valence electrons. The molecule has 2 amide bonds. The number of carbonyl (C=O) groups excluding carboxylic acids is 2. The third kappa shape index (κ3) is 5.10. The molecule has 9 heteroatoms. The smallest absolute Gasteiger partial charge is 0.254 e. The lowest BCUT2D eigenvalue weighted by atomic mass is 10.0. The Balaban J connectivity index is 1.21. The lowest BCUT2D eigenvalue weighted by molar-refractivity contribution is -0.143. The molecule has 2 N–H and O–H groups in total. The number of aliphatic hydroxyl groups is 1. The minimum atomic E-state index is -3.35. The average molecular weight is 484 g/mol. The van der Waals surface area contributed by atoms with Crippen molar-refractivity contribution in [3.63, 3.8) is 0 Å². The molecule has 8 nitrogen and oxygen atoms in total. The van der Waals surface area contributed by atoms with Crippen LogP contribution in [0.2, 0.25) is 0 Å². The Hall–Kier alpha value is -2.91. The maximum absolute atomic E-state index is 12.9. The summed E-state index contributed by atoms with van der Waals surface area (Å²) in [5.74, 6) is 0.127. The molecule has 2 aromatic carbocycles. The molecule has 1 aliphatic heterocycles. The molecule has 0 aromatic heterocycles. The minimum Gasteiger partial charge on any atom is -0.380 e. The van der Waals surface area contributed by atoms with Crippen molar-refractivity contribution in [2.45, 2.75) is 31.3 Å². The highest BCUT2D eigenvalue weighted by molar-refractivity contribution is 7.92. The first-order valence-electron chi connectivity index (χ1n) is 11.7. The molecule has 5 rings (SSSR count). The summed E-state index contributed by atoms with van der Waals surface area (Å²) in [6, 6.07) is 14.5. The van der Waals surface area contributed by atoms with Crippen LogP contribution in [-0.4, -0.2) is 72.7 Å². The van der Waals surface area contributed by atoms with E-state index in [1.165, 1.54) is 0 Å². The number of amides is 2. The lowest BCUT2D eigenvalue weighted by Crippen LogP contribution is -2.53. The molecule has 0 unspecified atom stereocenters. The molecule has 2 aromatic rings. The van der Waals surface area contributed by atoms with Crippen LogP contribution >= 0.6 is 0 Å². The molecule has 34 heavy (non-hydrogen) atoms. The van der Waals surface area contributed by atoms with Gasteiger partial charge in [0.1, 0.15) is 5.60 Å². The number of nitrogens with zero attached hydrogens (tertiary/aromatic N) is 2. The van der Waals surface area contributed by atoms with Gasteiger partial charge in [-0.1, -0.05) is 24.3 Å². The first-order valence-corrected chi connectivity index (χ1v) is 13.4. The van der Waals surface area contributed by atoms with Crippen molar-refractivity contribution in [3.05, 3.63) is 54.1 Å². The first kappa shape index (κ1) is 22.9. The van der Waals surface area contributed by atoms with Gasteiger partial charge in [-0.3, -0.25) is 14.3 Å². The Bertz CT molecular complexity index is 1200. The monoisotopic (exact) mass is 483 g/mol. The molecule has 0 radical (unpaired) electrons. The van der Waals surface area contributed by atoms with Gasteiger partial charge < -0.3 is 14.9 Å². The summed E-state index contributed by atoms with van der Waals surface area (Å²) in [5.41, 5.74) is 1.66. The van der Waals surface area contributed by atoms with Gasteiger partial charge in [-0.25, -0.2) is 8.42 Å². The maximum atomic E-state index is 12.9. The molecule has 1 heterocycles. The molecule has 1 saturated heterocycles. The van der Waals surface area contributed by atoms with E-state index in [1.807, 2.05) is 24.3 Å². The Morgan fingerprint density at radius 3 is 2.21 bits per heavy atom. The van der Waals surface area contributed by atoms with Gasteiger partial charge in [-0.05, 0) is 67.0 Å². The summed E-state index contributed by atoms with van der Waals surface area (Å²) >= 11 is 0. The van der Waals surface area contributed by atoms with E-state index < -0.39 is 15.6 Å². The average Bonchev–Trinajstić information content (AvgIpc) is 3.77. The summed E-state index contributed by atoms with van der Waals surface area (Å²) in [4.78, 5) is 28.6. The fourth-order valence-electron chi connectivity index (χ4n) is 4.31. The quantitative estimate of drug-likeness (QED) is 0.629. The van der Waals surface area contributed by atoms with Crippen LogP contribution in [0.15, 0.2) is 48.5 Å². The number of nitrogens with one attached hydrogen (secondary N) is 1. The SMILES string of the molecule is O=C(c1ccc(-c2cccc(NS(=O)(=O)CC3CC3)c2)cc1)N1CCN(C(=O)C2(O)CC2)CC1. The Morgan fingerprint density at radius 2 is 1.59 bits per heavy atom. The van der Waals surface area contributed by atoms with E-state index >= 15 is 0 Å². The van der Waals surface area contributed by atoms with E-state index in [0.29, 0.717) is 50.3 Å². The molecule has 0 spiro atoms. The zero-order valence-corrected chi connectivity index (χ0v) is 19.8. The van der Waals surface area contributed by atoms with E-state index in [-0.39, 0.29) is 23.5 Å². The van der Waals surface area contributed by atoms with Crippen LogP contribution in [0, 0.1) is 5.92 Å². The fraction of sp³-hybridized carbons (Fsp3) is 0.440. The topological polar surface area (TPSA) is 107 Å². The normalized spacial score (nSPS) is 19.6. The van der Waals surface area contributed by atoms with Gasteiger partial charge in [0.25, 0.3) is 11.8 Å². The number of hydrogen-bond acceptors (Lipinski definition) is 5. The highest BCUT2D eigenvalue weighted by Crippen LogP contribution is 2.37. The first-order chi connectivity index (χ1) is 16.2. The predicted molar refractivity (Wildman–Crippen MR) is 129 cm³/mol. The molecule has 3 fully saturated rings. The van der Waals surface area contributed by atoms with Crippen LogP contribution in [0.5, 0.6) is 0 Å². The van der Waals surface area contributed by atoms with Crippen LogP contribution < -0.4 is 4.72 Å². The number of rotatable bonds is 7. The molecule has 3 aliphatic rings. The van der Waals surface area contributed by atoms with Crippen molar-refractivity contribution in [1.29, 1.82) is 0 Å². The van der Waals surface area contributed by atoms with Crippen LogP contribution in [0.25, 0.3) is 11.1 Å². The van der Waals surface area contributed by atoms with Crippen LogP contribution in [0.1, 0.15) is 36.0 Å². The van der Waals surface area contributed by atoms with Crippen molar-refractivity contribution < 1.29 is 23.1 Å². The van der Waals surface area contributed by atoms with E-state index in [1.54, 1.807) is 34.1 Å². The summed E-state index contributed by atoms with van der Waals surface area (Å²) in [6.07, 6.45) is 2.99. The van der Waals surface area contributed by atoms with Crippen LogP contribution in [0.4, 0.5) is 5.69 Å². The van der Waals surface area contributed by atoms with Crippen molar-refractivity contribution >= 4 is 27.5 Å². The third-order valence-corrected chi connectivity index (χ3v) is 8.19. The number of hydrogen-bond donors (Lipinski definition) is 2. The number of anilines is 1. The predicted octanol–water partition coefficient (Wildman–Crippen LogP) is 2.31. The zero-order chi connectivity index (χ0) is 23.9. The lowest BCUT2D eigenvalue weighted by Gasteiger charge is -2.35. The second-order valence-corrected chi connectivity index (χ2v) is 11.4. The Morgan fingerprint density at radius 1 is 0.941 bits per heavy atom. The largest absolute Gasteiger partial charge is 0.380 e. The summed E-state index contributed by atoms with van der Waals surface area (Å²) in [7, 11) is -3.35. The van der Waals surface area contributed by atoms with Gasteiger partial charge >= 0.3 is 0 Å². The second-order valence-electron chi connectivity index (χ2n) is 9.60. The summed E-state index contributed by atoms with van der Waals surface area (Å²) in [5, 5.41) is 10.0. The summed E-state index contributed by atoms with van der Waals surface area (Å²) < 4.78 is 27.2. The zero-order valence-electron chi connectivity index (χ0n) is 18.9. The standard InChI is InChI=1S/C25H29N3O5S/c29-23(27-12-14-28(15-13-27)24(30)25(31)10-11-25)20-8-6-19(7-9-20)21-2-1-3-22(16-21)26-34(32,33)17-18-4-5-18/h1-3,6-9,16,18,26,31H,4-5,10-15,17H2. The van der Waals surface area contributed by atoms with Gasteiger partial charge in [0.05, 0.1) is 5.75 Å². The number of benzene rings is 2. The van der Waals surface area contributed by atoms with Crippen LogP contribution in [-0.2, 0) is 14.8 Å². The number of carbonyl (C=O) groups is 2. The molecule has 2 aliphatic carbocycles. The van der Waals surface area contributed by atoms with Crippen LogP contribution in [0.3, 0.4) is 0 Å². The van der Waals surface area contributed by atoms with Gasteiger partial charge in [-0.15, -0.1) is 0 Å². The van der Waals surface area contributed by atoms with Gasteiger partial charge in [-0.2, -0.15) is 0 Å². The number of piperazine rings is 1.